The van der Waals surface area contributed by atoms with Gasteiger partial charge in [-0.1, -0.05) is 17.7 Å². The summed E-state index contributed by atoms with van der Waals surface area (Å²) in [6, 6.07) is 9.53. The Hall–Kier alpha value is -1.81. The number of aromatic nitrogens is 2. The van der Waals surface area contributed by atoms with Crippen molar-refractivity contribution in [2.45, 2.75) is 19.4 Å². The number of hydrogen-bond acceptors (Lipinski definition) is 4. The molecule has 1 aromatic heterocycles. The summed E-state index contributed by atoms with van der Waals surface area (Å²) in [6.45, 7) is 3.76. The number of ether oxygens (including phenoxy) is 1. The Morgan fingerprint density at radius 2 is 2.20 bits per heavy atom. The summed E-state index contributed by atoms with van der Waals surface area (Å²) in [7, 11) is 0. The summed E-state index contributed by atoms with van der Waals surface area (Å²) in [4.78, 5) is 10.7. The molecule has 1 saturated heterocycles. The van der Waals surface area contributed by atoms with Crippen LogP contribution in [-0.4, -0.2) is 29.2 Å². The molecule has 1 unspecified atom stereocenters. The lowest BCUT2D eigenvalue weighted by Crippen LogP contribution is -2.25. The van der Waals surface area contributed by atoms with Gasteiger partial charge in [0.15, 0.2) is 0 Å². The molecule has 3 rings (SSSR count). The number of halogens is 1. The fourth-order valence-corrected chi connectivity index (χ4v) is 2.56. The predicted molar refractivity (Wildman–Crippen MR) is 79.5 cm³/mol. The van der Waals surface area contributed by atoms with Gasteiger partial charge in [0.1, 0.15) is 24.0 Å². The summed E-state index contributed by atoms with van der Waals surface area (Å²) in [5.74, 6) is 1.79. The highest BCUT2D eigenvalue weighted by Gasteiger charge is 2.25. The van der Waals surface area contributed by atoms with Crippen molar-refractivity contribution in [2.24, 2.45) is 0 Å². The van der Waals surface area contributed by atoms with Crippen LogP contribution < -0.4 is 9.64 Å². The van der Waals surface area contributed by atoms with E-state index in [0.717, 1.165) is 36.8 Å². The zero-order chi connectivity index (χ0) is 13.9. The summed E-state index contributed by atoms with van der Waals surface area (Å²) in [6.07, 6.45) is 2.76. The molecule has 4 nitrogen and oxygen atoms in total. The van der Waals surface area contributed by atoms with Crippen LogP contribution in [0.3, 0.4) is 0 Å². The summed E-state index contributed by atoms with van der Waals surface area (Å²) in [5, 5.41) is 0.698. The topological polar surface area (TPSA) is 38.2 Å². The van der Waals surface area contributed by atoms with Gasteiger partial charge in [-0.2, -0.15) is 0 Å². The van der Waals surface area contributed by atoms with Crippen molar-refractivity contribution in [3.05, 3.63) is 47.4 Å². The lowest BCUT2D eigenvalue weighted by atomic mass is 10.3. The highest BCUT2D eigenvalue weighted by molar-refractivity contribution is 6.30. The van der Waals surface area contributed by atoms with Crippen molar-refractivity contribution in [1.29, 1.82) is 0 Å². The van der Waals surface area contributed by atoms with Crippen LogP contribution >= 0.6 is 11.6 Å². The Labute approximate surface area is 123 Å². The molecule has 1 aliphatic rings. The summed E-state index contributed by atoms with van der Waals surface area (Å²) >= 11 is 5.96. The second-order valence-electron chi connectivity index (χ2n) is 4.95. The van der Waals surface area contributed by atoms with E-state index < -0.39 is 0 Å². The van der Waals surface area contributed by atoms with Crippen LogP contribution in [0.4, 0.5) is 5.82 Å². The lowest BCUT2D eigenvalue weighted by Gasteiger charge is -2.18. The average Bonchev–Trinajstić information content (AvgIpc) is 2.87. The van der Waals surface area contributed by atoms with Gasteiger partial charge in [0.05, 0.1) is 6.54 Å². The van der Waals surface area contributed by atoms with Crippen LogP contribution in [-0.2, 0) is 0 Å². The standard InChI is InChI=1S/C15H16ClN3O/c1-11-7-15(18-10-17-11)19-6-5-14(9-19)20-13-4-2-3-12(16)8-13/h2-4,7-8,10,14H,5-6,9H2,1H3. The molecule has 0 bridgehead atoms. The van der Waals surface area contributed by atoms with E-state index in [1.165, 1.54) is 0 Å². The van der Waals surface area contributed by atoms with Gasteiger partial charge in [0.25, 0.3) is 0 Å². The maximum atomic E-state index is 5.97. The van der Waals surface area contributed by atoms with E-state index in [4.69, 9.17) is 16.3 Å². The normalized spacial score (nSPS) is 18.3. The van der Waals surface area contributed by atoms with Gasteiger partial charge in [0.2, 0.25) is 0 Å². The molecule has 1 aromatic carbocycles. The van der Waals surface area contributed by atoms with Crippen LogP contribution in [0.5, 0.6) is 5.75 Å². The van der Waals surface area contributed by atoms with Gasteiger partial charge in [0, 0.05) is 29.7 Å². The fraction of sp³-hybridized carbons (Fsp3) is 0.333. The highest BCUT2D eigenvalue weighted by Crippen LogP contribution is 2.24. The zero-order valence-electron chi connectivity index (χ0n) is 11.3. The number of benzene rings is 1. The van der Waals surface area contributed by atoms with Gasteiger partial charge in [-0.15, -0.1) is 0 Å². The Morgan fingerprint density at radius 3 is 3.00 bits per heavy atom. The molecule has 0 saturated carbocycles. The summed E-state index contributed by atoms with van der Waals surface area (Å²) < 4.78 is 5.97. The minimum absolute atomic E-state index is 0.170. The smallest absolute Gasteiger partial charge is 0.132 e. The maximum absolute atomic E-state index is 5.97. The van der Waals surface area contributed by atoms with Gasteiger partial charge in [-0.05, 0) is 25.1 Å². The molecule has 5 heteroatoms. The monoisotopic (exact) mass is 289 g/mol. The second-order valence-corrected chi connectivity index (χ2v) is 5.39. The number of aryl methyl sites for hydroxylation is 1. The first kappa shape index (κ1) is 13.2. The van der Waals surface area contributed by atoms with Crippen molar-refractivity contribution >= 4 is 17.4 Å². The fourth-order valence-electron chi connectivity index (χ4n) is 2.38. The molecule has 1 atom stereocenters. The largest absolute Gasteiger partial charge is 0.488 e. The predicted octanol–water partition coefficient (Wildman–Crippen LogP) is 3.10. The molecular weight excluding hydrogens is 274 g/mol. The Bertz CT molecular complexity index is 605. The Kier molecular flexibility index (Phi) is 3.74. The van der Waals surface area contributed by atoms with Crippen LogP contribution in [0.2, 0.25) is 5.02 Å². The van der Waals surface area contributed by atoms with Crippen LogP contribution in [0, 0.1) is 6.92 Å². The van der Waals surface area contributed by atoms with E-state index in [1.807, 2.05) is 37.3 Å². The maximum Gasteiger partial charge on any atom is 0.132 e. The number of rotatable bonds is 3. The number of nitrogens with zero attached hydrogens (tertiary/aromatic N) is 3. The Balaban J connectivity index is 1.65. The van der Waals surface area contributed by atoms with Gasteiger partial charge < -0.3 is 9.64 Å². The lowest BCUT2D eigenvalue weighted by molar-refractivity contribution is 0.225. The number of anilines is 1. The second kappa shape index (κ2) is 5.67. The van der Waals surface area contributed by atoms with E-state index in [1.54, 1.807) is 6.33 Å². The van der Waals surface area contributed by atoms with Crippen LogP contribution in [0.1, 0.15) is 12.1 Å². The molecule has 0 aliphatic carbocycles. The van der Waals surface area contributed by atoms with E-state index in [2.05, 4.69) is 14.9 Å². The molecule has 0 amide bonds. The molecular formula is C15H16ClN3O. The first-order chi connectivity index (χ1) is 9.70. The van der Waals surface area contributed by atoms with E-state index in [-0.39, 0.29) is 6.10 Å². The first-order valence-corrected chi connectivity index (χ1v) is 7.04. The molecule has 2 heterocycles. The van der Waals surface area contributed by atoms with E-state index in [9.17, 15) is 0 Å². The van der Waals surface area contributed by atoms with Crippen molar-refractivity contribution in [1.82, 2.24) is 9.97 Å². The van der Waals surface area contributed by atoms with Gasteiger partial charge in [-0.25, -0.2) is 9.97 Å². The molecule has 0 radical (unpaired) electrons. The Morgan fingerprint density at radius 1 is 1.30 bits per heavy atom. The molecule has 0 N–H and O–H groups in total. The quantitative estimate of drug-likeness (QED) is 0.870. The van der Waals surface area contributed by atoms with Crippen molar-refractivity contribution in [3.63, 3.8) is 0 Å². The highest BCUT2D eigenvalue weighted by atomic mass is 35.5. The minimum Gasteiger partial charge on any atom is -0.488 e. The third kappa shape index (κ3) is 3.02. The van der Waals surface area contributed by atoms with Crippen molar-refractivity contribution < 1.29 is 4.74 Å². The van der Waals surface area contributed by atoms with Crippen molar-refractivity contribution in [2.75, 3.05) is 18.0 Å². The number of hydrogen-bond donors (Lipinski definition) is 0. The van der Waals surface area contributed by atoms with E-state index in [0.29, 0.717) is 5.02 Å². The SMILES string of the molecule is Cc1cc(N2CCC(Oc3cccc(Cl)c3)C2)ncn1. The molecule has 1 aliphatic heterocycles. The zero-order valence-corrected chi connectivity index (χ0v) is 12.0. The third-order valence-electron chi connectivity index (χ3n) is 3.36. The molecule has 2 aromatic rings. The molecule has 1 fully saturated rings. The van der Waals surface area contributed by atoms with Gasteiger partial charge >= 0.3 is 0 Å². The molecule has 20 heavy (non-hydrogen) atoms. The third-order valence-corrected chi connectivity index (χ3v) is 3.59. The van der Waals surface area contributed by atoms with Crippen molar-refractivity contribution in [3.8, 4) is 5.75 Å². The molecule has 104 valence electrons. The van der Waals surface area contributed by atoms with E-state index >= 15 is 0 Å². The first-order valence-electron chi connectivity index (χ1n) is 6.66. The minimum atomic E-state index is 0.170. The molecule has 0 spiro atoms. The van der Waals surface area contributed by atoms with Gasteiger partial charge in [-0.3, -0.25) is 0 Å². The van der Waals surface area contributed by atoms with Crippen LogP contribution in [0.15, 0.2) is 36.7 Å². The summed E-state index contributed by atoms with van der Waals surface area (Å²) in [5.41, 5.74) is 0.981. The van der Waals surface area contributed by atoms with Crippen LogP contribution in [0.25, 0.3) is 0 Å². The average molecular weight is 290 g/mol.